The van der Waals surface area contributed by atoms with Gasteiger partial charge in [-0.15, -0.1) is 0 Å². The standard InChI is InChI=1S/C17H34N4O/c1-14(2)21(16-7-8-16)10-9-19-17(18-3)20(4)11-12-22-13-15-5-6-15/h14-16H,5-13H2,1-4H3,(H,18,19). The fraction of sp³-hybridized carbons (Fsp3) is 0.941. The van der Waals surface area contributed by atoms with Crippen LogP contribution in [0.15, 0.2) is 4.99 Å². The van der Waals surface area contributed by atoms with Crippen molar-refractivity contribution in [3.05, 3.63) is 0 Å². The molecule has 2 fully saturated rings. The van der Waals surface area contributed by atoms with Crippen LogP contribution >= 0.6 is 0 Å². The molecule has 0 atom stereocenters. The molecule has 0 saturated heterocycles. The third-order valence-electron chi connectivity index (χ3n) is 4.53. The molecule has 1 N–H and O–H groups in total. The van der Waals surface area contributed by atoms with Gasteiger partial charge in [-0.25, -0.2) is 0 Å². The van der Waals surface area contributed by atoms with Crippen molar-refractivity contribution in [2.75, 3.05) is 46.9 Å². The summed E-state index contributed by atoms with van der Waals surface area (Å²) >= 11 is 0. The third kappa shape index (κ3) is 6.13. The summed E-state index contributed by atoms with van der Waals surface area (Å²) in [5.74, 6) is 1.81. The number of hydrogen-bond acceptors (Lipinski definition) is 3. The smallest absolute Gasteiger partial charge is 0.193 e. The van der Waals surface area contributed by atoms with Gasteiger partial charge >= 0.3 is 0 Å². The molecule has 0 aromatic heterocycles. The average molecular weight is 310 g/mol. The minimum Gasteiger partial charge on any atom is -0.379 e. The fourth-order valence-corrected chi connectivity index (χ4v) is 2.79. The van der Waals surface area contributed by atoms with E-state index in [0.29, 0.717) is 6.04 Å². The van der Waals surface area contributed by atoms with E-state index in [9.17, 15) is 0 Å². The number of nitrogens with one attached hydrogen (secondary N) is 1. The van der Waals surface area contributed by atoms with Gasteiger partial charge in [-0.1, -0.05) is 0 Å². The maximum absolute atomic E-state index is 5.70. The highest BCUT2D eigenvalue weighted by molar-refractivity contribution is 5.79. The Labute approximate surface area is 136 Å². The van der Waals surface area contributed by atoms with Crippen LogP contribution in [0.25, 0.3) is 0 Å². The summed E-state index contributed by atoms with van der Waals surface area (Å²) in [7, 11) is 3.93. The molecule has 2 saturated carbocycles. The first-order chi connectivity index (χ1) is 10.6. The van der Waals surface area contributed by atoms with Gasteiger partial charge in [0, 0.05) is 52.4 Å². The Morgan fingerprint density at radius 3 is 2.50 bits per heavy atom. The van der Waals surface area contributed by atoms with E-state index in [0.717, 1.165) is 50.8 Å². The number of nitrogens with zero attached hydrogens (tertiary/aromatic N) is 3. The highest BCUT2D eigenvalue weighted by atomic mass is 16.5. The van der Waals surface area contributed by atoms with Crippen LogP contribution < -0.4 is 5.32 Å². The van der Waals surface area contributed by atoms with E-state index in [1.54, 1.807) is 0 Å². The molecule has 0 amide bonds. The fourth-order valence-electron chi connectivity index (χ4n) is 2.79. The molecule has 2 rings (SSSR count). The molecule has 0 aliphatic heterocycles. The Morgan fingerprint density at radius 1 is 1.23 bits per heavy atom. The van der Waals surface area contributed by atoms with Crippen molar-refractivity contribution < 1.29 is 4.74 Å². The predicted molar refractivity (Wildman–Crippen MR) is 92.4 cm³/mol. The van der Waals surface area contributed by atoms with Crippen LogP contribution in [0.3, 0.4) is 0 Å². The van der Waals surface area contributed by atoms with Gasteiger partial charge in [0.05, 0.1) is 6.61 Å². The maximum Gasteiger partial charge on any atom is 0.193 e. The molecular formula is C17H34N4O. The Morgan fingerprint density at radius 2 is 1.95 bits per heavy atom. The number of likely N-dealkylation sites (N-methyl/N-ethyl adjacent to an activating group) is 1. The van der Waals surface area contributed by atoms with Crippen LogP contribution in [0.2, 0.25) is 0 Å². The lowest BCUT2D eigenvalue weighted by Crippen LogP contribution is -2.45. The first-order valence-electron chi connectivity index (χ1n) is 8.87. The van der Waals surface area contributed by atoms with Gasteiger partial charge < -0.3 is 15.0 Å². The van der Waals surface area contributed by atoms with Crippen LogP contribution in [-0.2, 0) is 4.74 Å². The zero-order chi connectivity index (χ0) is 15.9. The summed E-state index contributed by atoms with van der Waals surface area (Å²) < 4.78 is 5.70. The molecule has 0 aromatic rings. The van der Waals surface area contributed by atoms with Crippen molar-refractivity contribution in [3.8, 4) is 0 Å². The summed E-state index contributed by atoms with van der Waals surface area (Å²) in [6.07, 6.45) is 5.44. The lowest BCUT2D eigenvalue weighted by atomic mass is 10.3. The van der Waals surface area contributed by atoms with Crippen molar-refractivity contribution >= 4 is 5.96 Å². The first kappa shape index (κ1) is 17.5. The van der Waals surface area contributed by atoms with Crippen LogP contribution in [0.5, 0.6) is 0 Å². The van der Waals surface area contributed by atoms with Crippen LogP contribution in [0, 0.1) is 5.92 Å². The summed E-state index contributed by atoms with van der Waals surface area (Å²) in [6.45, 7) is 9.23. The molecule has 128 valence electrons. The molecule has 2 aliphatic rings. The molecule has 0 spiro atoms. The summed E-state index contributed by atoms with van der Waals surface area (Å²) in [5.41, 5.74) is 0. The molecule has 22 heavy (non-hydrogen) atoms. The van der Waals surface area contributed by atoms with E-state index in [4.69, 9.17) is 4.74 Å². The van der Waals surface area contributed by atoms with Crippen LogP contribution in [-0.4, -0.2) is 74.8 Å². The molecule has 0 heterocycles. The van der Waals surface area contributed by atoms with Crippen molar-refractivity contribution in [1.82, 2.24) is 15.1 Å². The molecule has 0 unspecified atom stereocenters. The number of hydrogen-bond donors (Lipinski definition) is 1. The van der Waals surface area contributed by atoms with Gasteiger partial charge in [0.25, 0.3) is 0 Å². The van der Waals surface area contributed by atoms with Crippen molar-refractivity contribution in [1.29, 1.82) is 0 Å². The van der Waals surface area contributed by atoms with Gasteiger partial charge in [-0.05, 0) is 45.4 Å². The Hall–Kier alpha value is -0.810. The van der Waals surface area contributed by atoms with Gasteiger partial charge in [-0.2, -0.15) is 0 Å². The quantitative estimate of drug-likeness (QED) is 0.379. The second-order valence-electron chi connectivity index (χ2n) is 6.98. The Balaban J connectivity index is 1.60. The molecule has 5 nitrogen and oxygen atoms in total. The summed E-state index contributed by atoms with van der Waals surface area (Å²) in [5, 5.41) is 3.48. The van der Waals surface area contributed by atoms with Crippen LogP contribution in [0.4, 0.5) is 0 Å². The van der Waals surface area contributed by atoms with Crippen LogP contribution in [0.1, 0.15) is 39.5 Å². The van der Waals surface area contributed by atoms with E-state index >= 15 is 0 Å². The maximum atomic E-state index is 5.70. The summed E-state index contributed by atoms with van der Waals surface area (Å²) in [6, 6.07) is 1.45. The van der Waals surface area contributed by atoms with E-state index < -0.39 is 0 Å². The van der Waals surface area contributed by atoms with Gasteiger partial charge in [0.15, 0.2) is 5.96 Å². The van der Waals surface area contributed by atoms with Gasteiger partial charge in [0.1, 0.15) is 0 Å². The minimum absolute atomic E-state index is 0.630. The van der Waals surface area contributed by atoms with Gasteiger partial charge in [-0.3, -0.25) is 9.89 Å². The monoisotopic (exact) mass is 310 g/mol. The molecular weight excluding hydrogens is 276 g/mol. The topological polar surface area (TPSA) is 40.1 Å². The van der Waals surface area contributed by atoms with Crippen molar-refractivity contribution in [2.45, 2.75) is 51.6 Å². The van der Waals surface area contributed by atoms with E-state index in [2.05, 4.69) is 41.0 Å². The molecule has 0 radical (unpaired) electrons. The average Bonchev–Trinajstić information content (AvgIpc) is 3.36. The second kappa shape index (κ2) is 8.73. The highest BCUT2D eigenvalue weighted by Crippen LogP contribution is 2.28. The number of rotatable bonds is 10. The first-order valence-corrected chi connectivity index (χ1v) is 8.87. The Bertz CT molecular complexity index is 349. The molecule has 0 bridgehead atoms. The normalized spacial score (nSPS) is 19.1. The lowest BCUT2D eigenvalue weighted by Gasteiger charge is -2.28. The molecule has 2 aliphatic carbocycles. The number of aliphatic imine (C=N–C) groups is 1. The molecule has 0 aromatic carbocycles. The highest BCUT2D eigenvalue weighted by Gasteiger charge is 2.30. The van der Waals surface area contributed by atoms with Crippen molar-refractivity contribution in [2.24, 2.45) is 10.9 Å². The number of guanidine groups is 1. The minimum atomic E-state index is 0.630. The SMILES string of the molecule is CN=C(NCCN(C(C)C)C1CC1)N(C)CCOCC1CC1. The lowest BCUT2D eigenvalue weighted by molar-refractivity contribution is 0.115. The van der Waals surface area contributed by atoms with E-state index in [1.807, 2.05) is 7.05 Å². The zero-order valence-electron chi connectivity index (χ0n) is 14.8. The third-order valence-corrected chi connectivity index (χ3v) is 4.53. The summed E-state index contributed by atoms with van der Waals surface area (Å²) in [4.78, 5) is 9.13. The van der Waals surface area contributed by atoms with Crippen molar-refractivity contribution in [3.63, 3.8) is 0 Å². The second-order valence-corrected chi connectivity index (χ2v) is 6.98. The van der Waals surface area contributed by atoms with E-state index in [1.165, 1.54) is 25.7 Å². The predicted octanol–water partition coefficient (Wildman–Crippen LogP) is 1.79. The van der Waals surface area contributed by atoms with E-state index in [-0.39, 0.29) is 0 Å². The zero-order valence-corrected chi connectivity index (χ0v) is 14.8. The Kier molecular flexibility index (Phi) is 6.96. The molecule has 5 heteroatoms. The van der Waals surface area contributed by atoms with Gasteiger partial charge in [0.2, 0.25) is 0 Å². The largest absolute Gasteiger partial charge is 0.379 e. The number of ether oxygens (including phenoxy) is 1.